The van der Waals surface area contributed by atoms with Gasteiger partial charge in [0.25, 0.3) is 0 Å². The van der Waals surface area contributed by atoms with Gasteiger partial charge >= 0.3 is 5.97 Å². The molecule has 1 atom stereocenters. The third kappa shape index (κ3) is 7.21. The maximum Gasteiger partial charge on any atom is 0.305 e. The molecule has 10 nitrogen and oxygen atoms in total. The van der Waals surface area contributed by atoms with Crippen LogP contribution < -0.4 is 15.2 Å². The number of amides is 1. The second-order valence-corrected chi connectivity index (χ2v) is 5.59. The molecule has 27 heavy (non-hydrogen) atoms. The Hall–Kier alpha value is -2.69. The number of aliphatic carboxylic acids is 1. The van der Waals surface area contributed by atoms with E-state index < -0.39 is 24.3 Å². The van der Waals surface area contributed by atoms with Gasteiger partial charge in [0.05, 0.1) is 19.0 Å². The summed E-state index contributed by atoms with van der Waals surface area (Å²) in [6, 6.07) is 3.56. The second-order valence-electron chi connectivity index (χ2n) is 5.59. The molecule has 1 aliphatic heterocycles. The molecule has 1 unspecified atom stereocenters. The Morgan fingerprint density at radius 2 is 1.85 bits per heavy atom. The lowest BCUT2D eigenvalue weighted by Crippen LogP contribution is -2.44. The van der Waals surface area contributed by atoms with Crippen molar-refractivity contribution in [2.24, 2.45) is 5.73 Å². The molecule has 2 rings (SSSR count). The van der Waals surface area contributed by atoms with Crippen LogP contribution in [0, 0.1) is 0 Å². The average molecular weight is 384 g/mol. The first-order valence-corrected chi connectivity index (χ1v) is 7.93. The first-order valence-electron chi connectivity index (χ1n) is 7.93. The monoisotopic (exact) mass is 384 g/mol. The summed E-state index contributed by atoms with van der Waals surface area (Å²) in [7, 11) is 4.57. The van der Waals surface area contributed by atoms with Crippen LogP contribution in [-0.2, 0) is 19.1 Å². The van der Waals surface area contributed by atoms with Crippen LogP contribution in [0.15, 0.2) is 18.2 Å². The lowest BCUT2D eigenvalue weighted by atomic mass is 10.1. The molecular weight excluding hydrogens is 360 g/mol. The first-order chi connectivity index (χ1) is 12.8. The number of ether oxygens (including phenoxy) is 4. The van der Waals surface area contributed by atoms with E-state index in [4.69, 9.17) is 20.3 Å². The second kappa shape index (κ2) is 11.1. The Labute approximate surface area is 156 Å². The molecule has 10 heteroatoms. The zero-order valence-electron chi connectivity index (χ0n) is 15.5. The van der Waals surface area contributed by atoms with Gasteiger partial charge in [-0.25, -0.2) is 0 Å². The topological polar surface area (TPSA) is 138 Å². The summed E-state index contributed by atoms with van der Waals surface area (Å²) in [5, 5.41) is 8.62. The largest absolute Gasteiger partial charge is 0.481 e. The molecule has 0 saturated carbocycles. The molecule has 150 valence electrons. The highest BCUT2D eigenvalue weighted by atomic mass is 16.7. The minimum absolute atomic E-state index is 0.107. The molecule has 0 radical (unpaired) electrons. The van der Waals surface area contributed by atoms with E-state index >= 15 is 0 Å². The normalized spacial score (nSPS) is 12.6. The van der Waals surface area contributed by atoms with Gasteiger partial charge in [-0.05, 0) is 18.2 Å². The summed E-state index contributed by atoms with van der Waals surface area (Å²) in [6.45, 7) is 0.293. The number of carboxylic acid groups (broad SMARTS) is 1. The molecule has 1 amide bonds. The van der Waals surface area contributed by atoms with Gasteiger partial charge in [0, 0.05) is 26.8 Å². The first kappa shape index (κ1) is 22.4. The van der Waals surface area contributed by atoms with Gasteiger partial charge in [0.2, 0.25) is 12.7 Å². The van der Waals surface area contributed by atoms with Gasteiger partial charge in [-0.3, -0.25) is 14.4 Å². The molecule has 3 N–H and O–H groups in total. The summed E-state index contributed by atoms with van der Waals surface area (Å²) in [5.41, 5.74) is 5.86. The average Bonchev–Trinajstić information content (AvgIpc) is 3.09. The van der Waals surface area contributed by atoms with Crippen molar-refractivity contribution in [1.82, 2.24) is 4.90 Å². The fraction of sp³-hybridized carbons (Fsp3) is 0.471. The van der Waals surface area contributed by atoms with Crippen LogP contribution in [0.2, 0.25) is 0 Å². The highest BCUT2D eigenvalue weighted by Gasteiger charge is 2.23. The Bertz CT molecular complexity index is 662. The van der Waals surface area contributed by atoms with E-state index in [1.807, 2.05) is 0 Å². The molecule has 1 aromatic rings. The van der Waals surface area contributed by atoms with E-state index in [0.717, 1.165) is 4.90 Å². The van der Waals surface area contributed by atoms with Gasteiger partial charge in [-0.1, -0.05) is 0 Å². The number of hydrogen-bond acceptors (Lipinski definition) is 8. The number of carbonyl (C=O) groups excluding carboxylic acids is 2. The van der Waals surface area contributed by atoms with Gasteiger partial charge in [-0.2, -0.15) is 0 Å². The van der Waals surface area contributed by atoms with Crippen molar-refractivity contribution >= 4 is 17.7 Å². The number of rotatable bonds is 8. The Balaban J connectivity index is 0.000000646. The Morgan fingerprint density at radius 1 is 1.22 bits per heavy atom. The van der Waals surface area contributed by atoms with Crippen molar-refractivity contribution in [3.05, 3.63) is 23.8 Å². The van der Waals surface area contributed by atoms with Crippen LogP contribution in [0.5, 0.6) is 11.5 Å². The summed E-state index contributed by atoms with van der Waals surface area (Å²) in [6.07, 6.45) is -0.485. The highest BCUT2D eigenvalue weighted by molar-refractivity contribution is 6.00. The number of hydrogen-bond donors (Lipinski definition) is 2. The number of carboxylic acids is 1. The van der Waals surface area contributed by atoms with E-state index in [9.17, 15) is 14.4 Å². The lowest BCUT2D eigenvalue weighted by molar-refractivity contribution is -0.141. The summed E-state index contributed by atoms with van der Waals surface area (Å²) >= 11 is 0. The Kier molecular flexibility index (Phi) is 9.20. The summed E-state index contributed by atoms with van der Waals surface area (Å²) in [4.78, 5) is 35.7. The van der Waals surface area contributed by atoms with Crippen molar-refractivity contribution in [2.75, 3.05) is 41.4 Å². The van der Waals surface area contributed by atoms with E-state index in [2.05, 4.69) is 9.47 Å². The zero-order chi connectivity index (χ0) is 20.4. The fourth-order valence-electron chi connectivity index (χ4n) is 2.13. The molecule has 0 aliphatic carbocycles. The molecule has 0 aromatic heterocycles. The predicted molar refractivity (Wildman–Crippen MR) is 93.6 cm³/mol. The number of fused-ring (bicyclic) bond motifs is 1. The maximum absolute atomic E-state index is 12.2. The molecule has 0 saturated heterocycles. The molecule has 0 bridgehead atoms. The van der Waals surface area contributed by atoms with Crippen molar-refractivity contribution in [1.29, 1.82) is 0 Å². The van der Waals surface area contributed by atoms with Gasteiger partial charge in [-0.15, -0.1) is 0 Å². The molecule has 1 heterocycles. The van der Waals surface area contributed by atoms with E-state index in [-0.39, 0.29) is 19.1 Å². The third-order valence-electron chi connectivity index (χ3n) is 3.40. The van der Waals surface area contributed by atoms with E-state index in [1.54, 1.807) is 32.4 Å². The third-order valence-corrected chi connectivity index (χ3v) is 3.40. The molecule has 1 aliphatic rings. The molecule has 0 spiro atoms. The van der Waals surface area contributed by atoms with Crippen LogP contribution in [0.1, 0.15) is 16.8 Å². The quantitative estimate of drug-likeness (QED) is 0.472. The van der Waals surface area contributed by atoms with Crippen LogP contribution in [0.3, 0.4) is 0 Å². The number of ketones is 1. The summed E-state index contributed by atoms with van der Waals surface area (Å²) in [5.74, 6) is -1.05. The smallest absolute Gasteiger partial charge is 0.305 e. The predicted octanol–water partition coefficient (Wildman–Crippen LogP) is 0.0951. The number of nitrogens with zero attached hydrogens (tertiary/aromatic N) is 1. The minimum atomic E-state index is -1.17. The number of carbonyl (C=O) groups is 3. The number of methoxy groups -OCH3 is 2. The number of benzene rings is 1. The van der Waals surface area contributed by atoms with Crippen LogP contribution >= 0.6 is 0 Å². The van der Waals surface area contributed by atoms with Crippen LogP contribution in [0.4, 0.5) is 0 Å². The van der Waals surface area contributed by atoms with Gasteiger partial charge in [0.15, 0.2) is 17.3 Å². The standard InChI is InChI=1S/C14H16N2O6.C3H8O2/c1-16(14(20)9(15)5-13(18)19)6-10(17)8-2-3-11-12(4-8)22-7-21-11;1-4-3-5-2/h2-4,9H,5-7,15H2,1H3,(H,18,19);3H2,1-2H3. The van der Waals surface area contributed by atoms with Crippen molar-refractivity contribution in [3.8, 4) is 11.5 Å². The lowest BCUT2D eigenvalue weighted by Gasteiger charge is -2.19. The van der Waals surface area contributed by atoms with Crippen LogP contribution in [0.25, 0.3) is 0 Å². The SMILES string of the molecule is CN(CC(=O)c1ccc2c(c1)OCO2)C(=O)C(N)CC(=O)O.COCOC. The summed E-state index contributed by atoms with van der Waals surface area (Å²) < 4.78 is 19.3. The number of Topliss-reactive ketones (excluding diaryl/α,β-unsaturated/α-hetero) is 1. The van der Waals surface area contributed by atoms with Crippen molar-refractivity contribution in [3.63, 3.8) is 0 Å². The highest BCUT2D eigenvalue weighted by Crippen LogP contribution is 2.32. The fourth-order valence-corrected chi connectivity index (χ4v) is 2.13. The van der Waals surface area contributed by atoms with Crippen molar-refractivity contribution < 1.29 is 38.4 Å². The maximum atomic E-state index is 12.2. The van der Waals surface area contributed by atoms with Gasteiger partial charge in [0.1, 0.15) is 6.79 Å². The van der Waals surface area contributed by atoms with E-state index in [1.165, 1.54) is 7.05 Å². The van der Waals surface area contributed by atoms with Crippen LogP contribution in [-0.4, -0.2) is 75.1 Å². The molecule has 1 aromatic carbocycles. The minimum Gasteiger partial charge on any atom is -0.481 e. The number of likely N-dealkylation sites (N-methyl/N-ethyl adjacent to an activating group) is 1. The van der Waals surface area contributed by atoms with Gasteiger partial charge < -0.3 is 34.7 Å². The molecule has 0 fully saturated rings. The Morgan fingerprint density at radius 3 is 2.41 bits per heavy atom. The number of nitrogens with two attached hydrogens (primary N) is 1. The van der Waals surface area contributed by atoms with E-state index in [0.29, 0.717) is 23.9 Å². The van der Waals surface area contributed by atoms with Crippen molar-refractivity contribution in [2.45, 2.75) is 12.5 Å². The zero-order valence-corrected chi connectivity index (χ0v) is 15.5. The molecular formula is C17H24N2O8.